The summed E-state index contributed by atoms with van der Waals surface area (Å²) in [7, 11) is 0. The molecule has 14 heavy (non-hydrogen) atoms. The quantitative estimate of drug-likeness (QED) is 0.658. The summed E-state index contributed by atoms with van der Waals surface area (Å²) >= 11 is 0. The molecule has 2 N–H and O–H groups in total. The number of benzene rings is 1. The molecule has 1 aliphatic heterocycles. The Morgan fingerprint density at radius 3 is 2.93 bits per heavy atom. The van der Waals surface area contributed by atoms with E-state index < -0.39 is 5.97 Å². The summed E-state index contributed by atoms with van der Waals surface area (Å²) in [6, 6.07) is 7.64. The molecule has 0 bridgehead atoms. The van der Waals surface area contributed by atoms with E-state index in [0.717, 1.165) is 11.1 Å². The lowest BCUT2D eigenvalue weighted by atomic mass is 10.0. The van der Waals surface area contributed by atoms with Gasteiger partial charge in [0, 0.05) is 17.8 Å². The molecule has 70 valence electrons. The number of aliphatic carboxylic acids is 1. The highest BCUT2D eigenvalue weighted by atomic mass is 16.4. The highest BCUT2D eigenvalue weighted by molar-refractivity contribution is 5.92. The van der Waals surface area contributed by atoms with Crippen molar-refractivity contribution in [2.24, 2.45) is 0 Å². The van der Waals surface area contributed by atoms with E-state index in [9.17, 15) is 4.79 Å². The molecule has 1 aromatic carbocycles. The summed E-state index contributed by atoms with van der Waals surface area (Å²) in [5.41, 5.74) is 2.56. The standard InChI is InChI=1S/C11H9NO2/c13-11(14)7-10-9-4-2-1-3-8(9)5-6-12-10/h1-7,12H,(H,13,14). The summed E-state index contributed by atoms with van der Waals surface area (Å²) < 4.78 is 0. The van der Waals surface area contributed by atoms with Crippen LogP contribution in [0.15, 0.2) is 36.5 Å². The van der Waals surface area contributed by atoms with Crippen LogP contribution in [-0.4, -0.2) is 11.1 Å². The van der Waals surface area contributed by atoms with Gasteiger partial charge in [-0.25, -0.2) is 4.79 Å². The molecule has 0 unspecified atom stereocenters. The molecule has 0 fully saturated rings. The summed E-state index contributed by atoms with van der Waals surface area (Å²) in [5, 5.41) is 11.6. The molecule has 0 aliphatic carbocycles. The number of carboxylic acids is 1. The fourth-order valence-electron chi connectivity index (χ4n) is 1.43. The zero-order chi connectivity index (χ0) is 9.97. The van der Waals surface area contributed by atoms with Crippen molar-refractivity contribution in [3.63, 3.8) is 0 Å². The van der Waals surface area contributed by atoms with Gasteiger partial charge in [0.25, 0.3) is 0 Å². The van der Waals surface area contributed by atoms with Crippen LogP contribution in [-0.2, 0) is 4.79 Å². The third kappa shape index (κ3) is 1.52. The Bertz CT molecular complexity index is 433. The Hall–Kier alpha value is -2.03. The molecule has 2 rings (SSSR count). The number of hydrogen-bond acceptors (Lipinski definition) is 2. The molecular formula is C11H9NO2. The Morgan fingerprint density at radius 2 is 2.14 bits per heavy atom. The lowest BCUT2D eigenvalue weighted by Gasteiger charge is -2.14. The van der Waals surface area contributed by atoms with Gasteiger partial charge < -0.3 is 10.4 Å². The first-order chi connectivity index (χ1) is 6.77. The van der Waals surface area contributed by atoms with Gasteiger partial charge in [0.2, 0.25) is 0 Å². The highest BCUT2D eigenvalue weighted by Crippen LogP contribution is 2.21. The minimum absolute atomic E-state index is 0.621. The maximum absolute atomic E-state index is 10.5. The van der Waals surface area contributed by atoms with E-state index in [-0.39, 0.29) is 0 Å². The monoisotopic (exact) mass is 187 g/mol. The van der Waals surface area contributed by atoms with Gasteiger partial charge in [-0.2, -0.15) is 0 Å². The Labute approximate surface area is 81.4 Å². The summed E-state index contributed by atoms with van der Waals surface area (Å²) in [6.45, 7) is 0. The smallest absolute Gasteiger partial charge is 0.330 e. The molecule has 3 heteroatoms. The van der Waals surface area contributed by atoms with E-state index >= 15 is 0 Å². The molecule has 0 aromatic heterocycles. The maximum atomic E-state index is 10.5. The molecule has 0 saturated heterocycles. The third-order valence-electron chi connectivity index (χ3n) is 2.02. The third-order valence-corrected chi connectivity index (χ3v) is 2.02. The predicted molar refractivity (Wildman–Crippen MR) is 54.2 cm³/mol. The molecule has 0 saturated carbocycles. The molecule has 0 atom stereocenters. The van der Waals surface area contributed by atoms with Crippen molar-refractivity contribution in [3.8, 4) is 0 Å². The van der Waals surface area contributed by atoms with Gasteiger partial charge in [0.05, 0.1) is 5.70 Å². The second-order valence-corrected chi connectivity index (χ2v) is 2.96. The predicted octanol–water partition coefficient (Wildman–Crippen LogP) is 1.69. The van der Waals surface area contributed by atoms with Crippen LogP contribution in [0.5, 0.6) is 0 Å². The topological polar surface area (TPSA) is 49.3 Å². The van der Waals surface area contributed by atoms with Crippen LogP contribution in [0.4, 0.5) is 0 Å². The zero-order valence-electron chi connectivity index (χ0n) is 7.40. The maximum Gasteiger partial charge on any atom is 0.330 e. The van der Waals surface area contributed by atoms with Gasteiger partial charge in [-0.05, 0) is 11.6 Å². The van der Waals surface area contributed by atoms with Crippen molar-refractivity contribution in [1.29, 1.82) is 0 Å². The summed E-state index contributed by atoms with van der Waals surface area (Å²) in [4.78, 5) is 10.5. The van der Waals surface area contributed by atoms with E-state index in [1.807, 2.05) is 30.3 Å². The molecular weight excluding hydrogens is 178 g/mol. The fraction of sp³-hybridized carbons (Fsp3) is 0. The number of carboxylic acid groups (broad SMARTS) is 1. The molecule has 1 aliphatic rings. The minimum Gasteiger partial charge on any atom is -0.478 e. The molecule has 0 spiro atoms. The first-order valence-electron chi connectivity index (χ1n) is 4.24. The normalized spacial score (nSPS) is 16.1. The van der Waals surface area contributed by atoms with Crippen molar-refractivity contribution >= 4 is 17.7 Å². The number of hydrogen-bond donors (Lipinski definition) is 2. The number of fused-ring (bicyclic) bond motifs is 1. The van der Waals surface area contributed by atoms with Crippen molar-refractivity contribution in [3.05, 3.63) is 47.7 Å². The van der Waals surface area contributed by atoms with E-state index in [4.69, 9.17) is 5.11 Å². The average molecular weight is 187 g/mol. The van der Waals surface area contributed by atoms with E-state index in [1.54, 1.807) is 6.20 Å². The first-order valence-corrected chi connectivity index (χ1v) is 4.24. The van der Waals surface area contributed by atoms with Gasteiger partial charge in [-0.3, -0.25) is 0 Å². The lowest BCUT2D eigenvalue weighted by molar-refractivity contribution is -0.131. The SMILES string of the molecule is O=C(O)C=C1NC=Cc2ccccc21. The highest BCUT2D eigenvalue weighted by Gasteiger charge is 2.09. The summed E-state index contributed by atoms with van der Waals surface area (Å²) in [5.74, 6) is -0.947. The van der Waals surface area contributed by atoms with Gasteiger partial charge in [0.15, 0.2) is 0 Å². The molecule has 3 nitrogen and oxygen atoms in total. The van der Waals surface area contributed by atoms with Crippen molar-refractivity contribution in [1.82, 2.24) is 5.32 Å². The van der Waals surface area contributed by atoms with E-state index in [1.165, 1.54) is 6.08 Å². The number of carbonyl (C=O) groups is 1. The van der Waals surface area contributed by atoms with E-state index in [2.05, 4.69) is 5.32 Å². The Balaban J connectivity index is 2.51. The number of rotatable bonds is 1. The van der Waals surface area contributed by atoms with Gasteiger partial charge in [0.1, 0.15) is 0 Å². The van der Waals surface area contributed by atoms with Crippen LogP contribution in [0.25, 0.3) is 11.8 Å². The van der Waals surface area contributed by atoms with Crippen LogP contribution in [0.3, 0.4) is 0 Å². The number of nitrogens with one attached hydrogen (secondary N) is 1. The van der Waals surface area contributed by atoms with Crippen LogP contribution in [0, 0.1) is 0 Å². The van der Waals surface area contributed by atoms with Crippen molar-refractivity contribution in [2.45, 2.75) is 0 Å². The van der Waals surface area contributed by atoms with Crippen molar-refractivity contribution in [2.75, 3.05) is 0 Å². The molecule has 1 aromatic rings. The largest absolute Gasteiger partial charge is 0.478 e. The average Bonchev–Trinajstić information content (AvgIpc) is 2.18. The second-order valence-electron chi connectivity index (χ2n) is 2.96. The fourth-order valence-corrected chi connectivity index (χ4v) is 1.43. The van der Waals surface area contributed by atoms with Gasteiger partial charge in [-0.1, -0.05) is 24.3 Å². The van der Waals surface area contributed by atoms with Gasteiger partial charge >= 0.3 is 5.97 Å². The van der Waals surface area contributed by atoms with E-state index in [0.29, 0.717) is 5.70 Å². The molecule has 0 amide bonds. The van der Waals surface area contributed by atoms with Crippen LogP contribution in [0.2, 0.25) is 0 Å². The summed E-state index contributed by atoms with van der Waals surface area (Å²) in [6.07, 6.45) is 4.81. The van der Waals surface area contributed by atoms with Crippen LogP contribution in [0.1, 0.15) is 11.1 Å². The Kier molecular flexibility index (Phi) is 2.07. The first kappa shape index (κ1) is 8.56. The Morgan fingerprint density at radius 1 is 1.36 bits per heavy atom. The second kappa shape index (κ2) is 3.38. The molecule has 1 heterocycles. The van der Waals surface area contributed by atoms with Crippen LogP contribution >= 0.6 is 0 Å². The van der Waals surface area contributed by atoms with Gasteiger partial charge in [-0.15, -0.1) is 0 Å². The van der Waals surface area contributed by atoms with Crippen LogP contribution < -0.4 is 5.32 Å². The lowest BCUT2D eigenvalue weighted by Crippen LogP contribution is -2.10. The zero-order valence-corrected chi connectivity index (χ0v) is 7.40. The molecule has 0 radical (unpaired) electrons. The minimum atomic E-state index is -0.947. The van der Waals surface area contributed by atoms with Crippen molar-refractivity contribution < 1.29 is 9.90 Å².